The van der Waals surface area contributed by atoms with E-state index in [1.807, 2.05) is 29.8 Å². The molecule has 4 nitrogen and oxygen atoms in total. The number of halogens is 1. The van der Waals surface area contributed by atoms with Gasteiger partial charge in [-0.3, -0.25) is 9.48 Å². The van der Waals surface area contributed by atoms with Gasteiger partial charge in [0, 0.05) is 30.1 Å². The fourth-order valence-electron chi connectivity index (χ4n) is 7.28. The van der Waals surface area contributed by atoms with E-state index < -0.39 is 0 Å². The second-order valence-corrected chi connectivity index (χ2v) is 11.1. The zero-order chi connectivity index (χ0) is 22.1. The molecular formula is C27H36ClN3O. The maximum atomic E-state index is 13.3. The second-order valence-electron chi connectivity index (χ2n) is 10.8. The van der Waals surface area contributed by atoms with Gasteiger partial charge in [0.1, 0.15) is 0 Å². The molecule has 0 atom stereocenters. The van der Waals surface area contributed by atoms with Crippen LogP contribution in [0.1, 0.15) is 73.8 Å². The van der Waals surface area contributed by atoms with Gasteiger partial charge in [0.15, 0.2) is 5.69 Å². The summed E-state index contributed by atoms with van der Waals surface area (Å²) in [6, 6.07) is 10.3. The number of rotatable bonds is 9. The van der Waals surface area contributed by atoms with Gasteiger partial charge in [-0.1, -0.05) is 36.8 Å². The minimum Gasteiger partial charge on any atom is -0.350 e. The molecule has 0 unspecified atom stereocenters. The van der Waals surface area contributed by atoms with Crippen LogP contribution in [-0.2, 0) is 6.54 Å². The van der Waals surface area contributed by atoms with Gasteiger partial charge < -0.3 is 5.32 Å². The molecule has 2 aromatic rings. The van der Waals surface area contributed by atoms with Crippen LogP contribution in [0.2, 0.25) is 0 Å². The van der Waals surface area contributed by atoms with Crippen molar-refractivity contribution < 1.29 is 4.79 Å². The van der Waals surface area contributed by atoms with Crippen molar-refractivity contribution in [1.29, 1.82) is 0 Å². The fourth-order valence-corrected chi connectivity index (χ4v) is 7.47. The third-order valence-electron chi connectivity index (χ3n) is 8.24. The van der Waals surface area contributed by atoms with Crippen molar-refractivity contribution in [2.75, 3.05) is 12.4 Å². The van der Waals surface area contributed by atoms with Gasteiger partial charge >= 0.3 is 0 Å². The summed E-state index contributed by atoms with van der Waals surface area (Å²) in [6.07, 6.45) is 11.3. The van der Waals surface area contributed by atoms with Gasteiger partial charge in [0.2, 0.25) is 0 Å². The molecule has 4 fully saturated rings. The largest absolute Gasteiger partial charge is 0.350 e. The second kappa shape index (κ2) is 9.21. The summed E-state index contributed by atoms with van der Waals surface area (Å²) in [7, 11) is 0. The number of unbranched alkanes of at least 4 members (excludes halogenated alkanes) is 2. The summed E-state index contributed by atoms with van der Waals surface area (Å²) in [5.41, 5.74) is 4.10. The number of carbonyl (C=O) groups is 1. The molecule has 1 aromatic carbocycles. The molecule has 1 aromatic heterocycles. The van der Waals surface area contributed by atoms with Gasteiger partial charge in [-0.25, -0.2) is 0 Å². The van der Waals surface area contributed by atoms with E-state index in [4.69, 9.17) is 16.7 Å². The van der Waals surface area contributed by atoms with Crippen molar-refractivity contribution >= 4 is 17.5 Å². The Morgan fingerprint density at radius 1 is 1.06 bits per heavy atom. The van der Waals surface area contributed by atoms with Crippen LogP contribution >= 0.6 is 11.6 Å². The van der Waals surface area contributed by atoms with Gasteiger partial charge in [-0.05, 0) is 81.5 Å². The molecule has 4 aliphatic carbocycles. The summed E-state index contributed by atoms with van der Waals surface area (Å²) < 4.78 is 2.04. The Morgan fingerprint density at radius 2 is 1.72 bits per heavy atom. The highest BCUT2D eigenvalue weighted by Gasteiger charge is 2.50. The lowest BCUT2D eigenvalue weighted by Crippen LogP contribution is -2.51. The first-order valence-corrected chi connectivity index (χ1v) is 13.1. The van der Waals surface area contributed by atoms with Crippen molar-refractivity contribution in [2.45, 2.75) is 71.3 Å². The highest BCUT2D eigenvalue weighted by molar-refractivity contribution is 6.17. The molecule has 6 rings (SSSR count). The molecule has 0 saturated heterocycles. The molecule has 1 amide bonds. The van der Waals surface area contributed by atoms with E-state index in [-0.39, 0.29) is 5.91 Å². The van der Waals surface area contributed by atoms with E-state index in [1.54, 1.807) is 0 Å². The SMILES string of the molecule is Cc1c(C(=O)NCC23CC4CC(CC(C4)C2)C3)nn(CCCCCCl)c1-c1ccccc1. The van der Waals surface area contributed by atoms with Crippen LogP contribution < -0.4 is 5.32 Å². The highest BCUT2D eigenvalue weighted by atomic mass is 35.5. The number of amides is 1. The van der Waals surface area contributed by atoms with Gasteiger partial charge in [-0.2, -0.15) is 5.10 Å². The van der Waals surface area contributed by atoms with Crippen LogP contribution in [0.15, 0.2) is 30.3 Å². The number of nitrogens with zero attached hydrogens (tertiary/aromatic N) is 2. The van der Waals surface area contributed by atoms with Gasteiger partial charge in [0.05, 0.1) is 5.69 Å². The first-order chi connectivity index (χ1) is 15.6. The Balaban J connectivity index is 1.33. The van der Waals surface area contributed by atoms with Crippen LogP contribution in [0.5, 0.6) is 0 Å². The van der Waals surface area contributed by atoms with Crippen LogP contribution in [-0.4, -0.2) is 28.1 Å². The summed E-state index contributed by atoms with van der Waals surface area (Å²) in [5, 5.41) is 8.15. The minimum atomic E-state index is -0.00469. The van der Waals surface area contributed by atoms with Crippen molar-refractivity contribution in [3.05, 3.63) is 41.6 Å². The smallest absolute Gasteiger partial charge is 0.272 e. The van der Waals surface area contributed by atoms with E-state index in [0.29, 0.717) is 17.0 Å². The molecule has 0 radical (unpaired) electrons. The van der Waals surface area contributed by atoms with Crippen LogP contribution in [0.4, 0.5) is 0 Å². The number of aromatic nitrogens is 2. The molecule has 1 N–H and O–H groups in total. The number of aryl methyl sites for hydroxylation is 1. The molecular weight excluding hydrogens is 418 g/mol. The Bertz CT molecular complexity index is 916. The lowest BCUT2D eigenvalue weighted by Gasteiger charge is -2.56. The number of hydrogen-bond donors (Lipinski definition) is 1. The fraction of sp³-hybridized carbons (Fsp3) is 0.630. The number of alkyl halides is 1. The van der Waals surface area contributed by atoms with E-state index in [0.717, 1.165) is 66.9 Å². The van der Waals surface area contributed by atoms with Gasteiger partial charge in [0.25, 0.3) is 5.91 Å². The summed E-state index contributed by atoms with van der Waals surface area (Å²) in [4.78, 5) is 13.3. The van der Waals surface area contributed by atoms with Gasteiger partial charge in [-0.15, -0.1) is 11.6 Å². The zero-order valence-electron chi connectivity index (χ0n) is 19.3. The van der Waals surface area contributed by atoms with Crippen molar-refractivity contribution in [3.8, 4) is 11.3 Å². The molecule has 5 heteroatoms. The number of hydrogen-bond acceptors (Lipinski definition) is 2. The highest BCUT2D eigenvalue weighted by Crippen LogP contribution is 2.59. The van der Waals surface area contributed by atoms with E-state index in [9.17, 15) is 4.79 Å². The maximum Gasteiger partial charge on any atom is 0.272 e. The van der Waals surface area contributed by atoms with Crippen molar-refractivity contribution in [2.24, 2.45) is 23.2 Å². The Morgan fingerprint density at radius 3 is 2.34 bits per heavy atom. The summed E-state index contributed by atoms with van der Waals surface area (Å²) in [5.74, 6) is 3.39. The lowest BCUT2D eigenvalue weighted by molar-refractivity contribution is -0.0503. The molecule has 4 saturated carbocycles. The predicted molar refractivity (Wildman–Crippen MR) is 130 cm³/mol. The number of nitrogens with one attached hydrogen (secondary N) is 1. The standard InChI is InChI=1S/C27H36ClN3O/c1-19-24(26(32)29-18-27-15-20-12-21(16-27)14-22(13-20)17-27)30-31(11-7-3-6-10-28)25(19)23-8-4-2-5-9-23/h2,4-5,8-9,20-22H,3,6-7,10-18H2,1H3,(H,29,32). The Kier molecular flexibility index (Phi) is 6.33. The first kappa shape index (κ1) is 22.0. The van der Waals surface area contributed by atoms with E-state index in [2.05, 4.69) is 17.4 Å². The van der Waals surface area contributed by atoms with E-state index in [1.165, 1.54) is 38.5 Å². The third-order valence-corrected chi connectivity index (χ3v) is 8.51. The molecule has 1 heterocycles. The van der Waals surface area contributed by atoms with Crippen LogP contribution in [0.25, 0.3) is 11.3 Å². The summed E-state index contributed by atoms with van der Waals surface area (Å²) in [6.45, 7) is 3.67. The monoisotopic (exact) mass is 453 g/mol. The average molecular weight is 454 g/mol. The predicted octanol–water partition coefficient (Wildman–Crippen LogP) is 6.21. The average Bonchev–Trinajstić information content (AvgIpc) is 3.11. The molecule has 172 valence electrons. The topological polar surface area (TPSA) is 46.9 Å². The normalized spacial score (nSPS) is 28.2. The Labute approximate surface area is 197 Å². The molecule has 4 aliphatic rings. The third kappa shape index (κ3) is 4.35. The summed E-state index contributed by atoms with van der Waals surface area (Å²) >= 11 is 5.85. The first-order valence-electron chi connectivity index (χ1n) is 12.5. The lowest BCUT2D eigenvalue weighted by atomic mass is 9.49. The molecule has 32 heavy (non-hydrogen) atoms. The Hall–Kier alpha value is -1.81. The minimum absolute atomic E-state index is 0.00469. The van der Waals surface area contributed by atoms with Crippen molar-refractivity contribution in [3.63, 3.8) is 0 Å². The molecule has 4 bridgehead atoms. The molecule has 0 aliphatic heterocycles. The number of benzene rings is 1. The maximum absolute atomic E-state index is 13.3. The van der Waals surface area contributed by atoms with Crippen molar-refractivity contribution in [1.82, 2.24) is 15.1 Å². The number of carbonyl (C=O) groups excluding carboxylic acids is 1. The van der Waals surface area contributed by atoms with E-state index >= 15 is 0 Å². The van der Waals surface area contributed by atoms with Crippen LogP contribution in [0.3, 0.4) is 0 Å². The molecule has 0 spiro atoms. The zero-order valence-corrected chi connectivity index (χ0v) is 20.0. The van der Waals surface area contributed by atoms with Crippen LogP contribution in [0, 0.1) is 30.1 Å². The quantitative estimate of drug-likeness (QED) is 0.362.